The molecule has 6 nitrogen and oxygen atoms in total. The molecule has 1 fully saturated rings. The van der Waals surface area contributed by atoms with Crippen LogP contribution in [0.2, 0.25) is 0 Å². The summed E-state index contributed by atoms with van der Waals surface area (Å²) in [6.07, 6.45) is 2.18. The third-order valence-electron chi connectivity index (χ3n) is 6.01. The Kier molecular flexibility index (Phi) is 8.80. The summed E-state index contributed by atoms with van der Waals surface area (Å²) in [5.74, 6) is 0.652. The summed E-state index contributed by atoms with van der Waals surface area (Å²) >= 11 is 1.77. The molecule has 1 unspecified atom stereocenters. The number of carbonyl (C=O) groups excluding carboxylic acids is 2. The highest BCUT2D eigenvalue weighted by Gasteiger charge is 2.44. The molecule has 1 aliphatic heterocycles. The van der Waals surface area contributed by atoms with Crippen molar-refractivity contribution in [2.45, 2.75) is 37.7 Å². The van der Waals surface area contributed by atoms with Crippen molar-refractivity contribution in [3.05, 3.63) is 95.6 Å². The molecule has 36 heavy (non-hydrogen) atoms. The van der Waals surface area contributed by atoms with Gasteiger partial charge in [0.1, 0.15) is 0 Å². The molecule has 0 aromatic heterocycles. The van der Waals surface area contributed by atoms with E-state index in [2.05, 4.69) is 40.2 Å². The number of aryl methyl sites for hydroxylation is 1. The van der Waals surface area contributed by atoms with Gasteiger partial charge in [-0.05, 0) is 60.3 Å². The standard InChI is InChI=1S/C29H33N3O3S/c1-21(33)31-26-14-10-24(11-15-26)29(25-12-16-27(17-13-25)32-22(2)34)35-28(20-36-29)19-30-18-6-9-23-7-4-3-5-8-23/h3-5,7-8,10-17,28,30H,6,9,18-20H2,1-2H3,(H,31,33)(H,32,34). The number of carbonyl (C=O) groups is 2. The Morgan fingerprint density at radius 2 is 1.42 bits per heavy atom. The second-order valence-corrected chi connectivity index (χ2v) is 10.2. The number of benzene rings is 3. The van der Waals surface area contributed by atoms with Crippen LogP contribution in [-0.2, 0) is 25.7 Å². The Morgan fingerprint density at radius 3 is 1.94 bits per heavy atom. The van der Waals surface area contributed by atoms with Gasteiger partial charge in [0.15, 0.2) is 4.93 Å². The van der Waals surface area contributed by atoms with E-state index < -0.39 is 4.93 Å². The van der Waals surface area contributed by atoms with E-state index >= 15 is 0 Å². The Morgan fingerprint density at radius 1 is 0.861 bits per heavy atom. The first-order chi connectivity index (χ1) is 17.4. The average molecular weight is 504 g/mol. The number of amides is 2. The van der Waals surface area contributed by atoms with Gasteiger partial charge in [0.25, 0.3) is 0 Å². The zero-order valence-corrected chi connectivity index (χ0v) is 21.6. The third kappa shape index (κ3) is 6.75. The van der Waals surface area contributed by atoms with Crippen molar-refractivity contribution in [2.24, 2.45) is 0 Å². The van der Waals surface area contributed by atoms with E-state index in [1.54, 1.807) is 11.8 Å². The van der Waals surface area contributed by atoms with Gasteiger partial charge in [-0.15, -0.1) is 11.8 Å². The van der Waals surface area contributed by atoms with Crippen LogP contribution in [0.4, 0.5) is 11.4 Å². The molecule has 2 amide bonds. The smallest absolute Gasteiger partial charge is 0.221 e. The molecule has 0 radical (unpaired) electrons. The van der Waals surface area contributed by atoms with Gasteiger partial charge in [0.2, 0.25) is 11.8 Å². The maximum Gasteiger partial charge on any atom is 0.221 e. The summed E-state index contributed by atoms with van der Waals surface area (Å²) in [6.45, 7) is 4.71. The molecule has 0 bridgehead atoms. The van der Waals surface area contributed by atoms with Gasteiger partial charge in [-0.3, -0.25) is 9.59 Å². The Bertz CT molecular complexity index is 1090. The number of hydrogen-bond donors (Lipinski definition) is 3. The molecule has 4 rings (SSSR count). The number of rotatable bonds is 10. The summed E-state index contributed by atoms with van der Waals surface area (Å²) in [6, 6.07) is 26.2. The highest BCUT2D eigenvalue weighted by atomic mass is 32.2. The first-order valence-corrected chi connectivity index (χ1v) is 13.3. The fraction of sp³-hybridized carbons (Fsp3) is 0.310. The molecule has 1 aliphatic rings. The zero-order chi connectivity index (χ0) is 25.4. The minimum atomic E-state index is -0.667. The monoisotopic (exact) mass is 503 g/mol. The maximum absolute atomic E-state index is 11.4. The molecule has 0 saturated carbocycles. The lowest BCUT2D eigenvalue weighted by atomic mass is 9.99. The Hall–Kier alpha value is -3.13. The molecule has 3 aromatic carbocycles. The van der Waals surface area contributed by atoms with Crippen LogP contribution in [0.3, 0.4) is 0 Å². The van der Waals surface area contributed by atoms with Crippen LogP contribution in [-0.4, -0.2) is 36.8 Å². The molecular formula is C29H33N3O3S. The van der Waals surface area contributed by atoms with Crippen LogP contribution < -0.4 is 16.0 Å². The molecule has 1 saturated heterocycles. The molecule has 0 spiro atoms. The van der Waals surface area contributed by atoms with Crippen LogP contribution in [0, 0.1) is 0 Å². The van der Waals surface area contributed by atoms with Gasteiger partial charge < -0.3 is 20.7 Å². The van der Waals surface area contributed by atoms with Gasteiger partial charge in [-0.25, -0.2) is 0 Å². The van der Waals surface area contributed by atoms with E-state index in [0.717, 1.165) is 54.2 Å². The number of hydrogen-bond acceptors (Lipinski definition) is 5. The quantitative estimate of drug-likeness (QED) is 0.333. The summed E-state index contributed by atoms with van der Waals surface area (Å²) < 4.78 is 6.75. The van der Waals surface area contributed by atoms with Gasteiger partial charge in [0, 0.05) is 37.5 Å². The molecule has 7 heteroatoms. The van der Waals surface area contributed by atoms with Crippen molar-refractivity contribution in [1.29, 1.82) is 0 Å². The largest absolute Gasteiger partial charge is 0.350 e. The lowest BCUT2D eigenvalue weighted by Crippen LogP contribution is -2.33. The van der Waals surface area contributed by atoms with Crippen molar-refractivity contribution in [2.75, 3.05) is 29.5 Å². The van der Waals surface area contributed by atoms with E-state index in [1.165, 1.54) is 19.4 Å². The van der Waals surface area contributed by atoms with Crippen LogP contribution in [0.1, 0.15) is 37.0 Å². The molecule has 1 heterocycles. The maximum atomic E-state index is 11.4. The van der Waals surface area contributed by atoms with E-state index in [1.807, 2.05) is 54.6 Å². The predicted molar refractivity (Wildman–Crippen MR) is 147 cm³/mol. The normalized spacial score (nSPS) is 16.4. The van der Waals surface area contributed by atoms with Gasteiger partial charge >= 0.3 is 0 Å². The van der Waals surface area contributed by atoms with Gasteiger partial charge in [0.05, 0.1) is 6.10 Å². The van der Waals surface area contributed by atoms with Crippen LogP contribution in [0.25, 0.3) is 0 Å². The SMILES string of the molecule is CC(=O)Nc1ccc(C2(c3ccc(NC(C)=O)cc3)OC(CNCCCc3ccccc3)CS2)cc1. The summed E-state index contributed by atoms with van der Waals surface area (Å²) in [7, 11) is 0. The molecular weight excluding hydrogens is 470 g/mol. The minimum absolute atomic E-state index is 0.0526. The summed E-state index contributed by atoms with van der Waals surface area (Å²) in [4.78, 5) is 22.2. The summed E-state index contributed by atoms with van der Waals surface area (Å²) in [5.41, 5.74) is 4.89. The molecule has 188 valence electrons. The minimum Gasteiger partial charge on any atom is -0.350 e. The van der Waals surface area contributed by atoms with Crippen LogP contribution >= 0.6 is 11.8 Å². The van der Waals surface area contributed by atoms with E-state index in [9.17, 15) is 9.59 Å². The number of thioether (sulfide) groups is 1. The van der Waals surface area contributed by atoms with E-state index in [0.29, 0.717) is 0 Å². The molecule has 0 aliphatic carbocycles. The van der Waals surface area contributed by atoms with Gasteiger partial charge in [-0.1, -0.05) is 54.6 Å². The Labute approximate surface area is 217 Å². The first-order valence-electron chi connectivity index (χ1n) is 12.3. The summed E-state index contributed by atoms with van der Waals surface area (Å²) in [5, 5.41) is 9.21. The van der Waals surface area contributed by atoms with Crippen molar-refractivity contribution in [3.63, 3.8) is 0 Å². The molecule has 1 atom stereocenters. The van der Waals surface area contributed by atoms with E-state index in [4.69, 9.17) is 4.74 Å². The average Bonchev–Trinajstić information content (AvgIpc) is 3.30. The molecule has 3 aromatic rings. The zero-order valence-electron chi connectivity index (χ0n) is 20.8. The van der Waals surface area contributed by atoms with E-state index in [-0.39, 0.29) is 17.9 Å². The fourth-order valence-electron chi connectivity index (χ4n) is 4.36. The van der Waals surface area contributed by atoms with Crippen molar-refractivity contribution in [3.8, 4) is 0 Å². The lowest BCUT2D eigenvalue weighted by molar-refractivity contribution is -0.115. The topological polar surface area (TPSA) is 79.5 Å². The fourth-order valence-corrected chi connectivity index (χ4v) is 5.78. The van der Waals surface area contributed by atoms with Crippen molar-refractivity contribution >= 4 is 35.0 Å². The van der Waals surface area contributed by atoms with Crippen LogP contribution in [0.15, 0.2) is 78.9 Å². The highest BCUT2D eigenvalue weighted by Crippen LogP contribution is 2.50. The third-order valence-corrected chi connectivity index (χ3v) is 7.52. The number of anilines is 2. The van der Waals surface area contributed by atoms with Gasteiger partial charge in [-0.2, -0.15) is 0 Å². The number of ether oxygens (including phenoxy) is 1. The number of nitrogens with one attached hydrogen (secondary N) is 3. The highest BCUT2D eigenvalue weighted by molar-refractivity contribution is 8.00. The Balaban J connectivity index is 1.45. The van der Waals surface area contributed by atoms with Crippen molar-refractivity contribution < 1.29 is 14.3 Å². The second-order valence-electron chi connectivity index (χ2n) is 8.98. The lowest BCUT2D eigenvalue weighted by Gasteiger charge is -2.30. The first kappa shape index (κ1) is 25.9. The predicted octanol–water partition coefficient (Wildman–Crippen LogP) is 5.16. The van der Waals surface area contributed by atoms with Crippen LogP contribution in [0.5, 0.6) is 0 Å². The second kappa shape index (κ2) is 12.2. The van der Waals surface area contributed by atoms with Crippen molar-refractivity contribution in [1.82, 2.24) is 5.32 Å². The molecule has 3 N–H and O–H groups in total.